The lowest BCUT2D eigenvalue weighted by Gasteiger charge is -2.23. The maximum atomic E-state index is 6.05. The molecule has 2 rings (SSSR count). The summed E-state index contributed by atoms with van der Waals surface area (Å²) in [4.78, 5) is 0. The van der Waals surface area contributed by atoms with Crippen LogP contribution >= 0.6 is 27.5 Å². The minimum atomic E-state index is 0.453. The Labute approximate surface area is 130 Å². The molecule has 1 aliphatic carbocycles. The van der Waals surface area contributed by atoms with Crippen molar-refractivity contribution in [3.63, 3.8) is 0 Å². The number of rotatable bonds is 6. The molecule has 1 saturated carbocycles. The fraction of sp³-hybridized carbons (Fsp3) is 0.625. The molecule has 0 radical (unpaired) electrons. The quantitative estimate of drug-likeness (QED) is 0.695. The van der Waals surface area contributed by atoms with Gasteiger partial charge in [0, 0.05) is 15.5 Å². The van der Waals surface area contributed by atoms with E-state index in [-0.39, 0.29) is 0 Å². The van der Waals surface area contributed by atoms with E-state index in [1.165, 1.54) is 44.1 Å². The molecular formula is C16H23BrClN. The molecule has 0 saturated heterocycles. The highest BCUT2D eigenvalue weighted by Crippen LogP contribution is 2.35. The molecule has 1 aromatic carbocycles. The maximum absolute atomic E-state index is 6.05. The molecule has 0 heterocycles. The van der Waals surface area contributed by atoms with Crippen LogP contribution in [0.1, 0.15) is 57.1 Å². The third-order valence-electron chi connectivity index (χ3n) is 4.02. The molecular weight excluding hydrogens is 322 g/mol. The van der Waals surface area contributed by atoms with Crippen molar-refractivity contribution in [2.45, 2.75) is 51.5 Å². The van der Waals surface area contributed by atoms with Gasteiger partial charge in [-0.3, -0.25) is 0 Å². The smallest absolute Gasteiger partial charge is 0.0417 e. The minimum absolute atomic E-state index is 0.453. The van der Waals surface area contributed by atoms with Gasteiger partial charge in [-0.1, -0.05) is 66.2 Å². The molecule has 1 N–H and O–H groups in total. The first-order valence-electron chi connectivity index (χ1n) is 7.39. The monoisotopic (exact) mass is 343 g/mol. The Balaban J connectivity index is 2.10. The summed E-state index contributed by atoms with van der Waals surface area (Å²) in [7, 11) is 0. The molecule has 0 aromatic heterocycles. The van der Waals surface area contributed by atoms with Crippen molar-refractivity contribution in [2.75, 3.05) is 6.54 Å². The van der Waals surface area contributed by atoms with Crippen LogP contribution in [0, 0.1) is 5.92 Å². The molecule has 1 aliphatic rings. The van der Waals surface area contributed by atoms with Crippen LogP contribution in [0.25, 0.3) is 0 Å². The second-order valence-corrected chi connectivity index (χ2v) is 6.85. The average molecular weight is 345 g/mol. The van der Waals surface area contributed by atoms with Crippen molar-refractivity contribution < 1.29 is 0 Å². The van der Waals surface area contributed by atoms with Crippen LogP contribution in [0.2, 0.25) is 5.02 Å². The van der Waals surface area contributed by atoms with Crippen LogP contribution in [0.4, 0.5) is 0 Å². The van der Waals surface area contributed by atoms with Crippen molar-refractivity contribution in [3.05, 3.63) is 33.3 Å². The van der Waals surface area contributed by atoms with E-state index in [1.54, 1.807) is 0 Å². The Morgan fingerprint density at radius 3 is 2.74 bits per heavy atom. The Hall–Kier alpha value is -0.0500. The molecule has 19 heavy (non-hydrogen) atoms. The van der Waals surface area contributed by atoms with E-state index >= 15 is 0 Å². The summed E-state index contributed by atoms with van der Waals surface area (Å²) >= 11 is 9.71. The number of hydrogen-bond donors (Lipinski definition) is 1. The fourth-order valence-corrected chi connectivity index (χ4v) is 3.96. The second-order valence-electron chi connectivity index (χ2n) is 5.56. The Morgan fingerprint density at radius 1 is 1.37 bits per heavy atom. The van der Waals surface area contributed by atoms with E-state index < -0.39 is 0 Å². The van der Waals surface area contributed by atoms with Crippen LogP contribution in [-0.2, 0) is 0 Å². The predicted molar refractivity (Wildman–Crippen MR) is 86.8 cm³/mol. The highest BCUT2D eigenvalue weighted by atomic mass is 79.9. The van der Waals surface area contributed by atoms with E-state index in [4.69, 9.17) is 11.6 Å². The first-order chi connectivity index (χ1) is 9.20. The molecule has 1 atom stereocenters. The van der Waals surface area contributed by atoms with Gasteiger partial charge in [0.1, 0.15) is 0 Å². The van der Waals surface area contributed by atoms with Gasteiger partial charge in [0.2, 0.25) is 0 Å². The lowest BCUT2D eigenvalue weighted by Crippen LogP contribution is -2.24. The molecule has 3 heteroatoms. The van der Waals surface area contributed by atoms with Gasteiger partial charge in [0.05, 0.1) is 0 Å². The van der Waals surface area contributed by atoms with Crippen molar-refractivity contribution in [1.82, 2.24) is 5.32 Å². The Morgan fingerprint density at radius 2 is 2.11 bits per heavy atom. The van der Waals surface area contributed by atoms with Gasteiger partial charge >= 0.3 is 0 Å². The summed E-state index contributed by atoms with van der Waals surface area (Å²) in [6.07, 6.45) is 8.04. The lowest BCUT2D eigenvalue weighted by atomic mass is 9.93. The van der Waals surface area contributed by atoms with Crippen LogP contribution in [0.3, 0.4) is 0 Å². The number of hydrogen-bond acceptors (Lipinski definition) is 1. The Bertz CT molecular complexity index is 402. The summed E-state index contributed by atoms with van der Waals surface area (Å²) in [6.45, 7) is 3.29. The largest absolute Gasteiger partial charge is 0.310 e. The first-order valence-corrected chi connectivity index (χ1v) is 8.56. The minimum Gasteiger partial charge on any atom is -0.310 e. The highest BCUT2D eigenvalue weighted by molar-refractivity contribution is 9.10. The van der Waals surface area contributed by atoms with E-state index in [9.17, 15) is 0 Å². The molecule has 1 unspecified atom stereocenters. The second kappa shape index (κ2) is 7.66. The molecule has 0 amide bonds. The van der Waals surface area contributed by atoms with Gasteiger partial charge in [-0.05, 0) is 43.0 Å². The molecule has 1 aromatic rings. The summed E-state index contributed by atoms with van der Waals surface area (Å²) in [5, 5.41) is 4.50. The van der Waals surface area contributed by atoms with E-state index in [1.807, 2.05) is 12.1 Å². The number of halogens is 2. The van der Waals surface area contributed by atoms with Gasteiger partial charge in [0.25, 0.3) is 0 Å². The maximum Gasteiger partial charge on any atom is 0.0417 e. The van der Waals surface area contributed by atoms with Crippen LogP contribution in [-0.4, -0.2) is 6.54 Å². The third kappa shape index (κ3) is 4.47. The summed E-state index contributed by atoms with van der Waals surface area (Å²) < 4.78 is 1.13. The van der Waals surface area contributed by atoms with Gasteiger partial charge in [-0.25, -0.2) is 0 Å². The van der Waals surface area contributed by atoms with Crippen molar-refractivity contribution in [3.8, 4) is 0 Å². The highest BCUT2D eigenvalue weighted by Gasteiger charge is 2.22. The fourth-order valence-electron chi connectivity index (χ4n) is 3.00. The standard InChI is InChI=1S/C16H23BrClN/c1-2-9-19-16(10-12-5-3-4-6-12)14-8-7-13(18)11-15(14)17/h7-8,11-12,16,19H,2-6,9-10H2,1H3. The van der Waals surface area contributed by atoms with Crippen molar-refractivity contribution in [1.29, 1.82) is 0 Å². The molecule has 0 spiro atoms. The number of benzene rings is 1. The third-order valence-corrected chi connectivity index (χ3v) is 4.94. The normalized spacial score (nSPS) is 17.8. The van der Waals surface area contributed by atoms with Gasteiger partial charge in [0.15, 0.2) is 0 Å². The molecule has 1 fully saturated rings. The Kier molecular flexibility index (Phi) is 6.18. The topological polar surface area (TPSA) is 12.0 Å². The zero-order valence-electron chi connectivity index (χ0n) is 11.6. The number of nitrogens with one attached hydrogen (secondary N) is 1. The molecule has 106 valence electrons. The van der Waals surface area contributed by atoms with Crippen LogP contribution < -0.4 is 5.32 Å². The first kappa shape index (κ1) is 15.3. The van der Waals surface area contributed by atoms with Crippen molar-refractivity contribution in [2.24, 2.45) is 5.92 Å². The molecule has 0 aliphatic heterocycles. The SMILES string of the molecule is CCCNC(CC1CCCC1)c1ccc(Cl)cc1Br. The van der Waals surface area contributed by atoms with E-state index in [2.05, 4.69) is 34.2 Å². The van der Waals surface area contributed by atoms with Gasteiger partial charge in [-0.15, -0.1) is 0 Å². The summed E-state index contributed by atoms with van der Waals surface area (Å²) in [5.74, 6) is 0.886. The van der Waals surface area contributed by atoms with E-state index in [0.29, 0.717) is 6.04 Å². The van der Waals surface area contributed by atoms with Crippen molar-refractivity contribution >= 4 is 27.5 Å². The summed E-state index contributed by atoms with van der Waals surface area (Å²) in [6, 6.07) is 6.62. The average Bonchev–Trinajstić information content (AvgIpc) is 2.88. The van der Waals surface area contributed by atoms with Crippen LogP contribution in [0.15, 0.2) is 22.7 Å². The lowest BCUT2D eigenvalue weighted by molar-refractivity contribution is 0.394. The molecule has 1 nitrogen and oxygen atoms in total. The van der Waals surface area contributed by atoms with Gasteiger partial charge in [-0.2, -0.15) is 0 Å². The predicted octanol–water partition coefficient (Wildman–Crippen LogP) is 5.72. The van der Waals surface area contributed by atoms with Gasteiger partial charge < -0.3 is 5.32 Å². The zero-order chi connectivity index (χ0) is 13.7. The summed E-state index contributed by atoms with van der Waals surface area (Å²) in [5.41, 5.74) is 1.35. The molecule has 0 bridgehead atoms. The zero-order valence-corrected chi connectivity index (χ0v) is 13.9. The van der Waals surface area contributed by atoms with E-state index in [0.717, 1.165) is 22.0 Å². The van der Waals surface area contributed by atoms with Crippen LogP contribution in [0.5, 0.6) is 0 Å².